The lowest BCUT2D eigenvalue weighted by atomic mass is 10.1. The fourth-order valence-corrected chi connectivity index (χ4v) is 11.8. The Morgan fingerprint density at radius 1 is 0.615 bits per heavy atom. The Labute approximate surface area is 405 Å². The molecule has 0 aromatic carbocycles. The maximum Gasteiger partial charge on any atom is 0.215 e. The summed E-state index contributed by atoms with van der Waals surface area (Å²) in [5.41, 5.74) is 7.72. The number of halogens is 1. The Morgan fingerprint density at radius 3 is 1.54 bits per heavy atom. The highest BCUT2D eigenvalue weighted by molar-refractivity contribution is 9.10. The van der Waals surface area contributed by atoms with E-state index < -0.39 is 24.2 Å². The third-order valence-electron chi connectivity index (χ3n) is 11.3. The van der Waals surface area contributed by atoms with Crippen LogP contribution in [0.2, 0.25) is 71.0 Å². The monoisotopic (exact) mass is 1030 g/mol. The topological polar surface area (TPSA) is 128 Å². The van der Waals surface area contributed by atoms with E-state index in [1.807, 2.05) is 47.5 Å². The number of hydrogen-bond donors (Lipinski definition) is 0. The fraction of sp³-hybridized carbons (Fsp3) is 0.532. The molecule has 2 saturated carbocycles. The van der Waals surface area contributed by atoms with Crippen molar-refractivity contribution in [3.05, 3.63) is 68.8 Å². The van der Waals surface area contributed by atoms with Crippen LogP contribution >= 0.6 is 38.6 Å². The van der Waals surface area contributed by atoms with Gasteiger partial charge in [0.2, 0.25) is 10.3 Å². The Kier molecular flexibility index (Phi) is 16.7. The number of aromatic nitrogens is 8. The quantitative estimate of drug-likeness (QED) is 0.0396. The molecule has 0 atom stereocenters. The second-order valence-corrected chi connectivity index (χ2v) is 39.5. The number of pyridine rings is 4. The largest absolute Gasteiger partial charge is 0.361 e. The summed E-state index contributed by atoms with van der Waals surface area (Å²) >= 11 is 6.84. The van der Waals surface area contributed by atoms with Crippen LogP contribution in [0.3, 0.4) is 0 Å². The molecule has 0 unspecified atom stereocenters. The molecule has 2 fully saturated rings. The lowest BCUT2D eigenvalue weighted by Crippen LogP contribution is -2.26. The van der Waals surface area contributed by atoms with Gasteiger partial charge in [0.15, 0.2) is 0 Å². The summed E-state index contributed by atoms with van der Waals surface area (Å²) in [7, 11) is -3.78. The number of fused-ring (bicyclic) bond motifs is 2. The van der Waals surface area contributed by atoms with Gasteiger partial charge in [0, 0.05) is 63.6 Å². The average molecular weight is 1030 g/mol. The van der Waals surface area contributed by atoms with Gasteiger partial charge in [-0.2, -0.15) is 0 Å². The van der Waals surface area contributed by atoms with Crippen molar-refractivity contribution in [2.75, 3.05) is 36.5 Å². The van der Waals surface area contributed by atoms with Gasteiger partial charge in [-0.1, -0.05) is 113 Å². The molecule has 2 aliphatic carbocycles. The molecule has 2 aliphatic rings. The normalized spacial score (nSPS) is 15.0. The lowest BCUT2D eigenvalue weighted by Gasteiger charge is -2.22. The van der Waals surface area contributed by atoms with E-state index >= 15 is 0 Å². The second-order valence-electron chi connectivity index (χ2n) is 20.7. The van der Waals surface area contributed by atoms with Gasteiger partial charge < -0.3 is 9.47 Å². The van der Waals surface area contributed by atoms with Crippen molar-refractivity contribution in [3.63, 3.8) is 0 Å². The van der Waals surface area contributed by atoms with Crippen molar-refractivity contribution in [2.24, 2.45) is 0 Å². The molecule has 6 aromatic rings. The number of nitrogens with zero attached hydrogens (tertiary/aromatic N) is 10. The molecular weight excluding hydrogens is 965 g/mol. The van der Waals surface area contributed by atoms with Crippen molar-refractivity contribution in [2.45, 2.75) is 134 Å². The van der Waals surface area contributed by atoms with Gasteiger partial charge in [0.05, 0.1) is 22.1 Å². The van der Waals surface area contributed by atoms with Crippen LogP contribution < -0.4 is 9.80 Å². The van der Waals surface area contributed by atoms with Crippen LogP contribution in [-0.4, -0.2) is 91.2 Å². The Morgan fingerprint density at radius 2 is 1.08 bits per heavy atom. The molecule has 0 spiro atoms. The zero-order valence-corrected chi connectivity index (χ0v) is 45.9. The highest BCUT2D eigenvalue weighted by atomic mass is 79.9. The molecule has 0 N–H and O–H groups in total. The van der Waals surface area contributed by atoms with Crippen LogP contribution in [0, 0.1) is 11.5 Å². The standard InChI is InChI=1S/C26H37N5OSSi2.C21H28BrN5OSSi/c1-34(2,3)15-13-20-17-23-22(27-18-20)11-12-24(28-23)31(19-32-14-16-35(4,5)6)26-30-29-25(33-26)21-9-7-8-10-21;1-30(2,3)11-10-28-14-27(21-26-25-20(29-21)15-6-4-5-7-15)19-9-8-17-18(24-19)12-16(22)13-23-17/h11-12,17-18,21H,7-10,14,16,19H2,1-6H3;8-9,12-13,15H,4-7,10-11,14H2,1-3H3. The van der Waals surface area contributed by atoms with Crippen molar-refractivity contribution in [1.29, 1.82) is 0 Å². The van der Waals surface area contributed by atoms with Gasteiger partial charge in [-0.3, -0.25) is 19.8 Å². The van der Waals surface area contributed by atoms with Gasteiger partial charge in [-0.25, -0.2) is 9.97 Å². The van der Waals surface area contributed by atoms with Gasteiger partial charge in [0.1, 0.15) is 43.2 Å². The summed E-state index contributed by atoms with van der Waals surface area (Å²) < 4.78 is 13.2. The van der Waals surface area contributed by atoms with Crippen molar-refractivity contribution >= 4 is 107 Å². The van der Waals surface area contributed by atoms with E-state index in [9.17, 15) is 0 Å². The molecule has 65 heavy (non-hydrogen) atoms. The molecule has 12 nitrogen and oxygen atoms in total. The number of hydrogen-bond acceptors (Lipinski definition) is 14. The fourth-order valence-electron chi connectivity index (χ4n) is 7.45. The molecule has 18 heteroatoms. The van der Waals surface area contributed by atoms with E-state index in [4.69, 9.17) is 19.4 Å². The Hall–Kier alpha value is -3.55. The molecule has 6 aromatic heterocycles. The minimum atomic E-state index is -1.47. The van der Waals surface area contributed by atoms with Crippen LogP contribution in [0.15, 0.2) is 53.3 Å². The molecule has 0 radical (unpaired) electrons. The van der Waals surface area contributed by atoms with E-state index in [2.05, 4.69) is 122 Å². The van der Waals surface area contributed by atoms with Gasteiger partial charge in [-0.05, 0) is 90.1 Å². The van der Waals surface area contributed by atoms with E-state index in [0.29, 0.717) is 25.3 Å². The van der Waals surface area contributed by atoms with Gasteiger partial charge in [0.25, 0.3) is 0 Å². The van der Waals surface area contributed by atoms with E-state index in [1.165, 1.54) is 51.4 Å². The van der Waals surface area contributed by atoms with Gasteiger partial charge >= 0.3 is 0 Å². The Bertz CT molecular complexity index is 2570. The average Bonchev–Trinajstić information content (AvgIpc) is 4.10. The lowest BCUT2D eigenvalue weighted by molar-refractivity contribution is 0.153. The number of ether oxygens (including phenoxy) is 2. The van der Waals surface area contributed by atoms with Crippen LogP contribution in [0.4, 0.5) is 21.9 Å². The molecule has 0 amide bonds. The summed E-state index contributed by atoms with van der Waals surface area (Å²) in [4.78, 5) is 22.9. The predicted octanol–water partition coefficient (Wildman–Crippen LogP) is 13.2. The third-order valence-corrected chi connectivity index (χ3v) is 18.2. The molecule has 6 heterocycles. The predicted molar refractivity (Wildman–Crippen MR) is 281 cm³/mol. The highest BCUT2D eigenvalue weighted by Gasteiger charge is 2.26. The molecule has 0 aliphatic heterocycles. The molecule has 346 valence electrons. The zero-order valence-electron chi connectivity index (χ0n) is 39.7. The molecule has 0 saturated heterocycles. The van der Waals surface area contributed by atoms with Crippen LogP contribution in [0.25, 0.3) is 22.1 Å². The molecule has 0 bridgehead atoms. The van der Waals surface area contributed by atoms with E-state index in [0.717, 1.165) is 89.3 Å². The smallest absolute Gasteiger partial charge is 0.215 e. The minimum Gasteiger partial charge on any atom is -0.361 e. The highest BCUT2D eigenvalue weighted by Crippen LogP contribution is 2.40. The van der Waals surface area contributed by atoms with E-state index in [1.54, 1.807) is 28.9 Å². The maximum absolute atomic E-state index is 6.15. The SMILES string of the molecule is C[Si](C)(C)C#Cc1cnc2ccc(N(COCC[Si](C)(C)C)c3nnc(C4CCCC4)s3)nc2c1.C[Si](C)(C)CCOCN(c1ccc2ncc(Br)cc2n1)c1nnc(C2CCCC2)s1. The minimum absolute atomic E-state index is 0.408. The first-order valence-electron chi connectivity index (χ1n) is 23.1. The summed E-state index contributed by atoms with van der Waals surface area (Å²) in [5.74, 6) is 6.00. The third kappa shape index (κ3) is 14.7. The zero-order chi connectivity index (χ0) is 46.2. The summed E-state index contributed by atoms with van der Waals surface area (Å²) in [6.45, 7) is 23.2. The summed E-state index contributed by atoms with van der Waals surface area (Å²) in [6, 6.07) is 14.3. The first kappa shape index (κ1) is 49.4. The number of anilines is 4. The van der Waals surface area contributed by atoms with Crippen LogP contribution in [0.5, 0.6) is 0 Å². The van der Waals surface area contributed by atoms with E-state index in [-0.39, 0.29) is 0 Å². The second kappa shape index (κ2) is 22.0. The first-order chi connectivity index (χ1) is 31.0. The van der Waals surface area contributed by atoms with Crippen LogP contribution in [0.1, 0.15) is 78.8 Å². The van der Waals surface area contributed by atoms with Crippen molar-refractivity contribution in [1.82, 2.24) is 40.3 Å². The first-order valence-corrected chi connectivity index (χ1v) is 36.4. The molecule has 8 rings (SSSR count). The van der Waals surface area contributed by atoms with Crippen molar-refractivity contribution in [3.8, 4) is 11.5 Å². The maximum atomic E-state index is 6.15. The van der Waals surface area contributed by atoms with Crippen molar-refractivity contribution < 1.29 is 9.47 Å². The van der Waals surface area contributed by atoms with Gasteiger partial charge in [-0.15, -0.1) is 25.9 Å². The summed E-state index contributed by atoms with van der Waals surface area (Å²) in [6.07, 6.45) is 13.6. The summed E-state index contributed by atoms with van der Waals surface area (Å²) in [5, 5.41) is 22.1. The Balaban J connectivity index is 0.000000196. The van der Waals surface area contributed by atoms with Crippen LogP contribution in [-0.2, 0) is 9.47 Å². The molecular formula is C47H65BrN10O2S2Si3. The number of rotatable bonds is 16.